The van der Waals surface area contributed by atoms with Crippen LogP contribution in [0.15, 0.2) is 52.4 Å². The lowest BCUT2D eigenvalue weighted by Gasteiger charge is -2.14. The van der Waals surface area contributed by atoms with Crippen LogP contribution in [0.4, 0.5) is 17.6 Å². The molecule has 2 aromatic carbocycles. The van der Waals surface area contributed by atoms with Gasteiger partial charge in [-0.2, -0.15) is 4.68 Å². The lowest BCUT2D eigenvalue weighted by molar-refractivity contribution is -0.274. The number of alkyl halides is 3. The van der Waals surface area contributed by atoms with Gasteiger partial charge in [-0.3, -0.25) is 15.0 Å². The molecule has 0 bridgehead atoms. The van der Waals surface area contributed by atoms with Crippen molar-refractivity contribution in [3.05, 3.63) is 64.2 Å². The monoisotopic (exact) mass is 427 g/mol. The zero-order chi connectivity index (χ0) is 21.2. The van der Waals surface area contributed by atoms with Gasteiger partial charge in [0.2, 0.25) is 5.91 Å². The van der Waals surface area contributed by atoms with Gasteiger partial charge in [-0.15, -0.1) is 13.2 Å². The Morgan fingerprint density at radius 1 is 1.24 bits per heavy atom. The Morgan fingerprint density at radius 2 is 2.00 bits per heavy atom. The molecular formula is C18H13F4N3O3S. The molecule has 0 fully saturated rings. The third-order valence-corrected chi connectivity index (χ3v) is 4.35. The second-order valence-corrected chi connectivity index (χ2v) is 6.58. The van der Waals surface area contributed by atoms with Crippen molar-refractivity contribution in [1.82, 2.24) is 9.66 Å². The third kappa shape index (κ3) is 5.05. The number of amides is 1. The van der Waals surface area contributed by atoms with Crippen molar-refractivity contribution in [2.45, 2.75) is 17.9 Å². The fourth-order valence-electron chi connectivity index (χ4n) is 2.57. The van der Waals surface area contributed by atoms with E-state index in [0.29, 0.717) is 5.56 Å². The number of halogens is 4. The average molecular weight is 427 g/mol. The molecule has 0 spiro atoms. The van der Waals surface area contributed by atoms with Crippen LogP contribution in [0.3, 0.4) is 0 Å². The van der Waals surface area contributed by atoms with Crippen LogP contribution in [0.1, 0.15) is 5.56 Å². The summed E-state index contributed by atoms with van der Waals surface area (Å²) in [6, 6.07) is 8.55. The van der Waals surface area contributed by atoms with E-state index in [4.69, 9.17) is 0 Å². The number of nitrogens with one attached hydrogen (secondary N) is 1. The Kier molecular flexibility index (Phi) is 5.78. The summed E-state index contributed by atoms with van der Waals surface area (Å²) in [6.45, 7) is 0. The number of hydrogen-bond donors (Lipinski definition) is 1. The quantitative estimate of drug-likeness (QED) is 0.384. The van der Waals surface area contributed by atoms with Crippen molar-refractivity contribution < 1.29 is 27.1 Å². The maximum atomic E-state index is 13.3. The van der Waals surface area contributed by atoms with Gasteiger partial charge in [-0.25, -0.2) is 9.37 Å². The largest absolute Gasteiger partial charge is 0.573 e. The highest BCUT2D eigenvalue weighted by Crippen LogP contribution is 2.25. The number of carbonyl (C=O) groups is 1. The van der Waals surface area contributed by atoms with Gasteiger partial charge in [0.05, 0.1) is 17.3 Å². The first-order valence-corrected chi connectivity index (χ1v) is 9.29. The molecular weight excluding hydrogens is 414 g/mol. The minimum atomic E-state index is -4.92. The number of hydrogen-bond acceptors (Lipinski definition) is 5. The predicted molar refractivity (Wildman–Crippen MR) is 98.9 cm³/mol. The molecule has 1 N–H and O–H groups in total. The normalized spacial score (nSPS) is 11.5. The van der Waals surface area contributed by atoms with Gasteiger partial charge in [0.25, 0.3) is 5.56 Å². The summed E-state index contributed by atoms with van der Waals surface area (Å²) in [5, 5.41) is -0.0461. The summed E-state index contributed by atoms with van der Waals surface area (Å²) >= 11 is 1.06. The molecule has 0 aliphatic heterocycles. The van der Waals surface area contributed by atoms with Crippen LogP contribution in [0.25, 0.3) is 10.9 Å². The first-order valence-electron chi connectivity index (χ1n) is 8.07. The van der Waals surface area contributed by atoms with Gasteiger partial charge >= 0.3 is 6.36 Å². The van der Waals surface area contributed by atoms with Crippen LogP contribution < -0.4 is 15.7 Å². The van der Waals surface area contributed by atoms with Crippen LogP contribution >= 0.6 is 11.8 Å². The van der Waals surface area contributed by atoms with Crippen molar-refractivity contribution in [2.24, 2.45) is 0 Å². The fourth-order valence-corrected chi connectivity index (χ4v) is 3.07. The van der Waals surface area contributed by atoms with Gasteiger partial charge in [0.15, 0.2) is 5.16 Å². The smallest absolute Gasteiger partial charge is 0.406 e. The van der Waals surface area contributed by atoms with Crippen molar-refractivity contribution in [3.8, 4) is 5.75 Å². The van der Waals surface area contributed by atoms with E-state index in [9.17, 15) is 27.2 Å². The molecule has 1 heterocycles. The molecule has 0 saturated heterocycles. The molecule has 3 rings (SSSR count). The highest BCUT2D eigenvalue weighted by atomic mass is 32.2. The van der Waals surface area contributed by atoms with Gasteiger partial charge in [0.1, 0.15) is 11.6 Å². The maximum Gasteiger partial charge on any atom is 0.573 e. The molecule has 11 heteroatoms. The number of carbonyl (C=O) groups excluding carboxylic acids is 1. The van der Waals surface area contributed by atoms with Gasteiger partial charge in [0, 0.05) is 0 Å². The van der Waals surface area contributed by atoms with Gasteiger partial charge < -0.3 is 4.74 Å². The molecule has 1 amide bonds. The van der Waals surface area contributed by atoms with Crippen molar-refractivity contribution in [2.75, 3.05) is 11.7 Å². The van der Waals surface area contributed by atoms with Crippen LogP contribution in [0.5, 0.6) is 5.75 Å². The van der Waals surface area contributed by atoms with E-state index in [1.165, 1.54) is 24.3 Å². The molecule has 6 nitrogen and oxygen atoms in total. The van der Waals surface area contributed by atoms with E-state index in [2.05, 4.69) is 15.1 Å². The summed E-state index contributed by atoms with van der Waals surface area (Å²) in [5.41, 5.74) is 2.10. The Hall–Kier alpha value is -3.08. The molecule has 0 aliphatic carbocycles. The second kappa shape index (κ2) is 8.11. The number of fused-ring (bicyclic) bond motifs is 1. The van der Waals surface area contributed by atoms with Crippen LogP contribution in [-0.4, -0.2) is 28.2 Å². The molecule has 0 unspecified atom stereocenters. The van der Waals surface area contributed by atoms with E-state index in [1.807, 2.05) is 0 Å². The van der Waals surface area contributed by atoms with Gasteiger partial charge in [-0.1, -0.05) is 23.9 Å². The lowest BCUT2D eigenvalue weighted by Crippen LogP contribution is -2.35. The van der Waals surface area contributed by atoms with Crippen LogP contribution in [-0.2, 0) is 11.2 Å². The molecule has 0 atom stereocenters. The van der Waals surface area contributed by atoms with E-state index in [1.54, 1.807) is 12.3 Å². The zero-order valence-electron chi connectivity index (χ0n) is 14.8. The topological polar surface area (TPSA) is 73.2 Å². The number of aromatic nitrogens is 2. The zero-order valence-corrected chi connectivity index (χ0v) is 15.6. The standard InChI is InChI=1S/C18H13F4N3O3S/c1-29-17-23-14-6-5-12(28-18(20,21)22)9-13(14)16(27)25(17)24-15(26)8-10-3-2-4-11(19)7-10/h2-7,9H,8H2,1H3,(H,24,26). The average Bonchev–Trinajstić information content (AvgIpc) is 2.63. The Morgan fingerprint density at radius 3 is 2.66 bits per heavy atom. The molecule has 29 heavy (non-hydrogen) atoms. The lowest BCUT2D eigenvalue weighted by atomic mass is 10.1. The van der Waals surface area contributed by atoms with Crippen LogP contribution in [0.2, 0.25) is 0 Å². The molecule has 3 aromatic rings. The number of benzene rings is 2. The van der Waals surface area contributed by atoms with E-state index in [-0.39, 0.29) is 22.5 Å². The third-order valence-electron chi connectivity index (χ3n) is 3.72. The minimum absolute atomic E-state index is 0.125. The second-order valence-electron chi connectivity index (χ2n) is 5.81. The first-order chi connectivity index (χ1) is 13.7. The Labute approximate surface area is 165 Å². The number of ether oxygens (including phenoxy) is 1. The predicted octanol–water partition coefficient (Wildman–Crippen LogP) is 3.47. The van der Waals surface area contributed by atoms with Crippen LogP contribution in [0, 0.1) is 5.82 Å². The fraction of sp³-hybridized carbons (Fsp3) is 0.167. The molecule has 0 radical (unpaired) electrons. The Bertz CT molecular complexity index is 1130. The summed E-state index contributed by atoms with van der Waals surface area (Å²) in [4.78, 5) is 29.2. The number of rotatable bonds is 5. The van der Waals surface area contributed by atoms with Crippen molar-refractivity contribution in [1.29, 1.82) is 0 Å². The molecule has 152 valence electrons. The summed E-state index contributed by atoms with van der Waals surface area (Å²) in [5.74, 6) is -1.72. The summed E-state index contributed by atoms with van der Waals surface area (Å²) in [6.07, 6.45) is -3.52. The van der Waals surface area contributed by atoms with Gasteiger partial charge in [-0.05, 0) is 42.2 Å². The highest BCUT2D eigenvalue weighted by Gasteiger charge is 2.31. The summed E-state index contributed by atoms with van der Waals surface area (Å²) in [7, 11) is 0. The van der Waals surface area contributed by atoms with E-state index in [0.717, 1.165) is 28.6 Å². The first kappa shape index (κ1) is 20.6. The van der Waals surface area contributed by atoms with Crippen molar-refractivity contribution in [3.63, 3.8) is 0 Å². The van der Waals surface area contributed by atoms with E-state index >= 15 is 0 Å². The van der Waals surface area contributed by atoms with E-state index < -0.39 is 29.4 Å². The maximum absolute atomic E-state index is 13.3. The molecule has 0 saturated carbocycles. The van der Waals surface area contributed by atoms with Crippen molar-refractivity contribution >= 4 is 28.6 Å². The molecule has 0 aliphatic rings. The highest BCUT2D eigenvalue weighted by molar-refractivity contribution is 7.98. The SMILES string of the molecule is CSc1nc2ccc(OC(F)(F)F)cc2c(=O)n1NC(=O)Cc1cccc(F)c1. The number of thioether (sulfide) groups is 1. The number of nitrogens with zero attached hydrogens (tertiary/aromatic N) is 2. The Balaban J connectivity index is 1.96. The summed E-state index contributed by atoms with van der Waals surface area (Å²) < 4.78 is 55.3. The molecule has 1 aromatic heterocycles. The minimum Gasteiger partial charge on any atom is -0.406 e.